The van der Waals surface area contributed by atoms with E-state index in [2.05, 4.69) is 10.6 Å². The van der Waals surface area contributed by atoms with Crippen molar-refractivity contribution in [3.05, 3.63) is 59.7 Å². The molecule has 2 N–H and O–H groups in total. The van der Waals surface area contributed by atoms with E-state index in [0.29, 0.717) is 35.7 Å². The normalized spacial score (nSPS) is 10.4. The maximum absolute atomic E-state index is 12.5. The van der Waals surface area contributed by atoms with E-state index >= 15 is 0 Å². The molecule has 0 aliphatic carbocycles. The summed E-state index contributed by atoms with van der Waals surface area (Å²) in [4.78, 5) is 26.6. The van der Waals surface area contributed by atoms with Gasteiger partial charge < -0.3 is 15.0 Å². The molecule has 0 aliphatic rings. The van der Waals surface area contributed by atoms with Gasteiger partial charge >= 0.3 is 0 Å². The van der Waals surface area contributed by atoms with Gasteiger partial charge in [-0.05, 0) is 82.4 Å². The van der Waals surface area contributed by atoms with Gasteiger partial charge in [-0.15, -0.1) is 0 Å². The van der Waals surface area contributed by atoms with Crippen molar-refractivity contribution >= 4 is 34.8 Å². The summed E-state index contributed by atoms with van der Waals surface area (Å²) in [6.07, 6.45) is 0.0656. The fourth-order valence-corrected chi connectivity index (χ4v) is 2.93. The van der Waals surface area contributed by atoms with Crippen LogP contribution in [0.1, 0.15) is 48.4 Å². The summed E-state index contributed by atoms with van der Waals surface area (Å²) in [5.74, 6) is 0.332. The van der Waals surface area contributed by atoms with Crippen LogP contribution >= 0.6 is 12.2 Å². The highest BCUT2D eigenvalue weighted by molar-refractivity contribution is 7.80. The summed E-state index contributed by atoms with van der Waals surface area (Å²) >= 11 is 5.24. The Hall–Kier alpha value is -2.93. The minimum Gasteiger partial charge on any atom is -0.491 e. The maximum Gasteiger partial charge on any atom is 0.257 e. The second-order valence-electron chi connectivity index (χ2n) is 6.66. The summed E-state index contributed by atoms with van der Waals surface area (Å²) in [5, 5.41) is 5.76. The third-order valence-electron chi connectivity index (χ3n) is 4.13. The molecule has 0 aliphatic heterocycles. The number of rotatable bonds is 7. The molecule has 0 aromatic heterocycles. The second-order valence-corrected chi connectivity index (χ2v) is 7.07. The van der Waals surface area contributed by atoms with Crippen LogP contribution in [-0.4, -0.2) is 41.0 Å². The van der Waals surface area contributed by atoms with Crippen molar-refractivity contribution in [3.63, 3.8) is 0 Å². The Balaban J connectivity index is 1.99. The molecular formula is C22H27N3O3S. The predicted octanol–water partition coefficient (Wildman–Crippen LogP) is 4.08. The first-order valence-corrected chi connectivity index (χ1v) is 10.0. The lowest BCUT2D eigenvalue weighted by Crippen LogP contribution is -2.34. The van der Waals surface area contributed by atoms with Crippen LogP contribution in [0.25, 0.3) is 0 Å². The van der Waals surface area contributed by atoms with E-state index in [1.54, 1.807) is 53.4 Å². The van der Waals surface area contributed by atoms with Crippen LogP contribution in [0.15, 0.2) is 48.5 Å². The van der Waals surface area contributed by atoms with Gasteiger partial charge in [-0.3, -0.25) is 14.9 Å². The molecule has 0 fully saturated rings. The molecule has 0 heterocycles. The number of ether oxygens (including phenoxy) is 1. The Morgan fingerprint density at radius 1 is 1.03 bits per heavy atom. The first kappa shape index (κ1) is 22.4. The Morgan fingerprint density at radius 3 is 2.28 bits per heavy atom. The SMILES string of the molecule is CCN(CC)C(=O)c1cccc(NC(=S)NC(=O)c2ccc(OC(C)C)cc2)c1. The smallest absolute Gasteiger partial charge is 0.257 e. The lowest BCUT2D eigenvalue weighted by atomic mass is 10.1. The van der Waals surface area contributed by atoms with Gasteiger partial charge in [0, 0.05) is 29.9 Å². The molecule has 154 valence electrons. The van der Waals surface area contributed by atoms with Crippen LogP contribution in [0.5, 0.6) is 5.75 Å². The summed E-state index contributed by atoms with van der Waals surface area (Å²) in [5.41, 5.74) is 1.67. The first-order chi connectivity index (χ1) is 13.8. The van der Waals surface area contributed by atoms with E-state index in [4.69, 9.17) is 17.0 Å². The van der Waals surface area contributed by atoms with E-state index in [9.17, 15) is 9.59 Å². The van der Waals surface area contributed by atoms with Crippen molar-refractivity contribution in [2.45, 2.75) is 33.8 Å². The van der Waals surface area contributed by atoms with Gasteiger partial charge in [0.2, 0.25) is 0 Å². The van der Waals surface area contributed by atoms with E-state index in [1.807, 2.05) is 27.7 Å². The molecule has 0 unspecified atom stereocenters. The van der Waals surface area contributed by atoms with Crippen molar-refractivity contribution in [3.8, 4) is 5.75 Å². The standard InChI is InChI=1S/C22H27N3O3S/c1-5-25(6-2)21(27)17-8-7-9-18(14-17)23-22(29)24-20(26)16-10-12-19(13-11-16)28-15(3)4/h7-15H,5-6H2,1-4H3,(H2,23,24,26,29). The number of hydrogen-bond acceptors (Lipinski definition) is 4. The quantitative estimate of drug-likeness (QED) is 0.669. The van der Waals surface area contributed by atoms with E-state index in [-0.39, 0.29) is 23.0 Å². The molecule has 2 aromatic rings. The summed E-state index contributed by atoms with van der Waals surface area (Å²) in [7, 11) is 0. The van der Waals surface area contributed by atoms with Crippen molar-refractivity contribution in [2.24, 2.45) is 0 Å². The predicted molar refractivity (Wildman–Crippen MR) is 120 cm³/mol. The molecule has 6 nitrogen and oxygen atoms in total. The highest BCUT2D eigenvalue weighted by Crippen LogP contribution is 2.15. The van der Waals surface area contributed by atoms with Crippen LogP contribution in [-0.2, 0) is 0 Å². The third kappa shape index (κ3) is 6.57. The number of carbonyl (C=O) groups is 2. The van der Waals surface area contributed by atoms with Crippen LogP contribution in [0, 0.1) is 0 Å². The van der Waals surface area contributed by atoms with E-state index in [0.717, 1.165) is 0 Å². The molecule has 0 spiro atoms. The molecule has 2 rings (SSSR count). The second kappa shape index (κ2) is 10.6. The largest absolute Gasteiger partial charge is 0.491 e. The number of benzene rings is 2. The molecule has 0 saturated carbocycles. The Kier molecular flexibility index (Phi) is 8.15. The number of hydrogen-bond donors (Lipinski definition) is 2. The zero-order chi connectivity index (χ0) is 21.4. The van der Waals surface area contributed by atoms with E-state index < -0.39 is 0 Å². The maximum atomic E-state index is 12.5. The van der Waals surface area contributed by atoms with E-state index in [1.165, 1.54) is 0 Å². The number of nitrogens with zero attached hydrogens (tertiary/aromatic N) is 1. The van der Waals surface area contributed by atoms with Crippen LogP contribution in [0.4, 0.5) is 5.69 Å². The monoisotopic (exact) mass is 413 g/mol. The number of carbonyl (C=O) groups excluding carboxylic acids is 2. The molecular weight excluding hydrogens is 386 g/mol. The lowest BCUT2D eigenvalue weighted by molar-refractivity contribution is 0.0772. The Morgan fingerprint density at radius 2 is 1.69 bits per heavy atom. The summed E-state index contributed by atoms with van der Waals surface area (Å²) in [6.45, 7) is 9.04. The highest BCUT2D eigenvalue weighted by atomic mass is 32.1. The topological polar surface area (TPSA) is 70.7 Å². The zero-order valence-corrected chi connectivity index (χ0v) is 18.0. The number of amides is 2. The van der Waals surface area contributed by atoms with Gasteiger partial charge in [0.25, 0.3) is 11.8 Å². The van der Waals surface area contributed by atoms with Crippen molar-refractivity contribution in [1.82, 2.24) is 10.2 Å². The summed E-state index contributed by atoms with van der Waals surface area (Å²) < 4.78 is 5.57. The molecule has 29 heavy (non-hydrogen) atoms. The summed E-state index contributed by atoms with van der Waals surface area (Å²) in [6, 6.07) is 13.9. The molecule has 0 bridgehead atoms. The van der Waals surface area contributed by atoms with Crippen LogP contribution in [0.2, 0.25) is 0 Å². The van der Waals surface area contributed by atoms with Gasteiger partial charge in [0.05, 0.1) is 6.10 Å². The van der Waals surface area contributed by atoms with Gasteiger partial charge in [0.1, 0.15) is 5.75 Å². The van der Waals surface area contributed by atoms with Crippen molar-refractivity contribution in [2.75, 3.05) is 18.4 Å². The molecule has 0 saturated heterocycles. The van der Waals surface area contributed by atoms with Gasteiger partial charge in [-0.25, -0.2) is 0 Å². The highest BCUT2D eigenvalue weighted by Gasteiger charge is 2.13. The molecule has 7 heteroatoms. The average Bonchev–Trinajstić information content (AvgIpc) is 2.69. The number of nitrogens with one attached hydrogen (secondary N) is 2. The van der Waals surface area contributed by atoms with Gasteiger partial charge in [-0.2, -0.15) is 0 Å². The number of anilines is 1. The van der Waals surface area contributed by atoms with Gasteiger partial charge in [-0.1, -0.05) is 6.07 Å². The minimum atomic E-state index is -0.325. The third-order valence-corrected chi connectivity index (χ3v) is 4.34. The fraction of sp³-hybridized carbons (Fsp3) is 0.318. The molecule has 2 aromatic carbocycles. The average molecular weight is 414 g/mol. The molecule has 0 radical (unpaired) electrons. The molecule has 0 atom stereocenters. The Labute approximate surface area is 177 Å². The van der Waals surface area contributed by atoms with Crippen molar-refractivity contribution in [1.29, 1.82) is 0 Å². The minimum absolute atomic E-state index is 0.0442. The van der Waals surface area contributed by atoms with Crippen LogP contribution in [0.3, 0.4) is 0 Å². The van der Waals surface area contributed by atoms with Gasteiger partial charge in [0.15, 0.2) is 5.11 Å². The lowest BCUT2D eigenvalue weighted by Gasteiger charge is -2.19. The first-order valence-electron chi connectivity index (χ1n) is 9.62. The number of thiocarbonyl (C=S) groups is 1. The van der Waals surface area contributed by atoms with Crippen LogP contribution < -0.4 is 15.4 Å². The zero-order valence-electron chi connectivity index (χ0n) is 17.2. The van der Waals surface area contributed by atoms with Crippen molar-refractivity contribution < 1.29 is 14.3 Å². The molecule has 2 amide bonds. The fourth-order valence-electron chi connectivity index (χ4n) is 2.72. The Bertz CT molecular complexity index is 862.